The van der Waals surface area contributed by atoms with Crippen molar-refractivity contribution in [1.29, 1.82) is 0 Å². The van der Waals surface area contributed by atoms with Gasteiger partial charge in [-0.1, -0.05) is 23.7 Å². The average Bonchev–Trinajstić information content (AvgIpc) is 3.25. The quantitative estimate of drug-likeness (QED) is 0.749. The van der Waals surface area contributed by atoms with Gasteiger partial charge in [-0.15, -0.1) is 0 Å². The van der Waals surface area contributed by atoms with E-state index in [0.717, 1.165) is 11.3 Å². The molecule has 0 saturated heterocycles. The third-order valence-electron chi connectivity index (χ3n) is 4.26. The maximum Gasteiger partial charge on any atom is 0.245 e. The number of halogens is 1. The molecule has 1 aromatic carbocycles. The molecule has 0 radical (unpaired) electrons. The standard InChI is InChI=1S/C19H21ClN4O/c1-13(16-7-6-8-17(11-16)23-9-4-5-10-23)21-19(25)15(3)24-12-18(20)14(2)22-24/h4-13,15H,1-3H3,(H,21,25). The lowest BCUT2D eigenvalue weighted by molar-refractivity contribution is -0.124. The van der Waals surface area contributed by atoms with Crippen LogP contribution in [-0.2, 0) is 4.79 Å². The van der Waals surface area contributed by atoms with Crippen LogP contribution in [0.25, 0.3) is 5.69 Å². The highest BCUT2D eigenvalue weighted by Gasteiger charge is 2.19. The van der Waals surface area contributed by atoms with Gasteiger partial charge in [0.2, 0.25) is 5.91 Å². The zero-order valence-electron chi connectivity index (χ0n) is 14.5. The first-order valence-electron chi connectivity index (χ1n) is 8.20. The summed E-state index contributed by atoms with van der Waals surface area (Å²) in [6.45, 7) is 5.60. The molecule has 0 aliphatic carbocycles. The fraction of sp³-hybridized carbons (Fsp3) is 0.263. The third-order valence-corrected chi connectivity index (χ3v) is 4.64. The maximum atomic E-state index is 12.5. The maximum absolute atomic E-state index is 12.5. The molecule has 5 nitrogen and oxygen atoms in total. The predicted molar refractivity (Wildman–Crippen MR) is 99.0 cm³/mol. The minimum absolute atomic E-state index is 0.0990. The van der Waals surface area contributed by atoms with Crippen molar-refractivity contribution in [2.24, 2.45) is 0 Å². The fourth-order valence-electron chi connectivity index (χ4n) is 2.66. The summed E-state index contributed by atoms with van der Waals surface area (Å²) in [7, 11) is 0. The first-order valence-corrected chi connectivity index (χ1v) is 8.58. The molecule has 6 heteroatoms. The summed E-state index contributed by atoms with van der Waals surface area (Å²) in [6.07, 6.45) is 5.67. The van der Waals surface area contributed by atoms with E-state index in [-0.39, 0.29) is 11.9 Å². The molecule has 3 aromatic rings. The highest BCUT2D eigenvalue weighted by molar-refractivity contribution is 6.31. The van der Waals surface area contributed by atoms with Crippen LogP contribution >= 0.6 is 11.6 Å². The average molecular weight is 357 g/mol. The molecular weight excluding hydrogens is 336 g/mol. The molecule has 3 rings (SSSR count). The molecule has 2 atom stereocenters. The van der Waals surface area contributed by atoms with E-state index in [0.29, 0.717) is 10.7 Å². The second-order valence-electron chi connectivity index (χ2n) is 6.13. The van der Waals surface area contributed by atoms with Crippen molar-refractivity contribution in [3.05, 3.63) is 71.3 Å². The van der Waals surface area contributed by atoms with Crippen molar-refractivity contribution < 1.29 is 4.79 Å². The number of rotatable bonds is 5. The molecule has 0 aliphatic rings. The van der Waals surface area contributed by atoms with Crippen LogP contribution in [0.3, 0.4) is 0 Å². The number of nitrogens with one attached hydrogen (secondary N) is 1. The number of carbonyl (C=O) groups is 1. The molecule has 2 aromatic heterocycles. The molecule has 0 bridgehead atoms. The van der Waals surface area contributed by atoms with E-state index < -0.39 is 6.04 Å². The fourth-order valence-corrected chi connectivity index (χ4v) is 2.79. The van der Waals surface area contributed by atoms with Crippen LogP contribution in [0, 0.1) is 6.92 Å². The second kappa shape index (κ2) is 7.15. The summed E-state index contributed by atoms with van der Waals surface area (Å²) in [5.41, 5.74) is 2.82. The Morgan fingerprint density at radius 1 is 1.20 bits per heavy atom. The van der Waals surface area contributed by atoms with Crippen LogP contribution in [0.4, 0.5) is 0 Å². The Morgan fingerprint density at radius 2 is 1.92 bits per heavy atom. The van der Waals surface area contributed by atoms with E-state index in [1.54, 1.807) is 17.8 Å². The van der Waals surface area contributed by atoms with Crippen molar-refractivity contribution in [1.82, 2.24) is 19.7 Å². The van der Waals surface area contributed by atoms with Crippen LogP contribution < -0.4 is 5.32 Å². The van der Waals surface area contributed by atoms with Crippen molar-refractivity contribution in [2.75, 3.05) is 0 Å². The van der Waals surface area contributed by atoms with Gasteiger partial charge in [-0.25, -0.2) is 0 Å². The van der Waals surface area contributed by atoms with E-state index in [1.807, 2.05) is 61.1 Å². The monoisotopic (exact) mass is 356 g/mol. The first kappa shape index (κ1) is 17.3. The second-order valence-corrected chi connectivity index (χ2v) is 6.54. The number of benzene rings is 1. The van der Waals surface area contributed by atoms with E-state index in [1.165, 1.54) is 0 Å². The number of aromatic nitrogens is 3. The van der Waals surface area contributed by atoms with Gasteiger partial charge in [0, 0.05) is 24.3 Å². The van der Waals surface area contributed by atoms with Gasteiger partial charge < -0.3 is 9.88 Å². The van der Waals surface area contributed by atoms with Crippen LogP contribution in [0.5, 0.6) is 0 Å². The Balaban J connectivity index is 1.72. The minimum Gasteiger partial charge on any atom is -0.348 e. The smallest absolute Gasteiger partial charge is 0.245 e. The molecule has 2 heterocycles. The van der Waals surface area contributed by atoms with Crippen LogP contribution in [0.2, 0.25) is 5.02 Å². The Labute approximate surface area is 152 Å². The van der Waals surface area contributed by atoms with Crippen molar-refractivity contribution in [3.63, 3.8) is 0 Å². The lowest BCUT2D eigenvalue weighted by atomic mass is 10.1. The first-order chi connectivity index (χ1) is 12.0. The Bertz CT molecular complexity index is 850. The van der Waals surface area contributed by atoms with Crippen molar-refractivity contribution in [2.45, 2.75) is 32.9 Å². The van der Waals surface area contributed by atoms with Gasteiger partial charge in [-0.2, -0.15) is 5.10 Å². The SMILES string of the molecule is Cc1nn(C(C)C(=O)NC(C)c2cccc(-n3cccc3)c2)cc1Cl. The summed E-state index contributed by atoms with van der Waals surface area (Å²) in [5.74, 6) is -0.0990. The molecular formula is C19H21ClN4O. The van der Waals surface area contributed by atoms with Gasteiger partial charge in [0.1, 0.15) is 6.04 Å². The van der Waals surface area contributed by atoms with Gasteiger partial charge in [-0.3, -0.25) is 9.48 Å². The number of nitrogens with zero attached hydrogens (tertiary/aromatic N) is 3. The Morgan fingerprint density at radius 3 is 2.56 bits per heavy atom. The summed E-state index contributed by atoms with van der Waals surface area (Å²) in [4.78, 5) is 12.5. The zero-order chi connectivity index (χ0) is 18.0. The van der Waals surface area contributed by atoms with E-state index in [4.69, 9.17) is 11.6 Å². The lowest BCUT2D eigenvalue weighted by Gasteiger charge is -2.19. The highest BCUT2D eigenvalue weighted by atomic mass is 35.5. The number of amides is 1. The van der Waals surface area contributed by atoms with Crippen LogP contribution in [-0.4, -0.2) is 20.3 Å². The summed E-state index contributed by atoms with van der Waals surface area (Å²) < 4.78 is 3.63. The van der Waals surface area contributed by atoms with Gasteiger partial charge in [0.25, 0.3) is 0 Å². The molecule has 1 amide bonds. The molecule has 25 heavy (non-hydrogen) atoms. The molecule has 0 fully saturated rings. The van der Waals surface area contributed by atoms with Crippen LogP contribution in [0.1, 0.15) is 37.2 Å². The normalized spacial score (nSPS) is 13.4. The van der Waals surface area contributed by atoms with Gasteiger partial charge >= 0.3 is 0 Å². The Hall–Kier alpha value is -2.53. The largest absolute Gasteiger partial charge is 0.348 e. The molecule has 0 saturated carbocycles. The van der Waals surface area contributed by atoms with E-state index in [2.05, 4.69) is 16.5 Å². The lowest BCUT2D eigenvalue weighted by Crippen LogP contribution is -2.33. The highest BCUT2D eigenvalue weighted by Crippen LogP contribution is 2.19. The molecule has 130 valence electrons. The zero-order valence-corrected chi connectivity index (χ0v) is 15.2. The van der Waals surface area contributed by atoms with Crippen LogP contribution in [0.15, 0.2) is 55.0 Å². The van der Waals surface area contributed by atoms with Crippen molar-refractivity contribution >= 4 is 17.5 Å². The van der Waals surface area contributed by atoms with E-state index >= 15 is 0 Å². The molecule has 2 unspecified atom stereocenters. The summed E-state index contributed by atoms with van der Waals surface area (Å²) >= 11 is 6.03. The van der Waals surface area contributed by atoms with Gasteiger partial charge in [-0.05, 0) is 50.6 Å². The molecule has 0 spiro atoms. The summed E-state index contributed by atoms with van der Waals surface area (Å²) in [6, 6.07) is 11.5. The minimum atomic E-state index is -0.429. The summed E-state index contributed by atoms with van der Waals surface area (Å²) in [5, 5.41) is 7.89. The number of carbonyl (C=O) groups excluding carboxylic acids is 1. The van der Waals surface area contributed by atoms with Gasteiger partial charge in [0.05, 0.1) is 16.8 Å². The topological polar surface area (TPSA) is 51.9 Å². The number of hydrogen-bond donors (Lipinski definition) is 1. The third kappa shape index (κ3) is 3.77. The molecule has 1 N–H and O–H groups in total. The van der Waals surface area contributed by atoms with Gasteiger partial charge in [0.15, 0.2) is 0 Å². The van der Waals surface area contributed by atoms with Crippen molar-refractivity contribution in [3.8, 4) is 5.69 Å². The predicted octanol–water partition coefficient (Wildman–Crippen LogP) is 4.07. The number of hydrogen-bond acceptors (Lipinski definition) is 2. The molecule has 0 aliphatic heterocycles. The van der Waals surface area contributed by atoms with E-state index in [9.17, 15) is 4.79 Å². The number of aryl methyl sites for hydroxylation is 1. The Kier molecular flexibility index (Phi) is 4.95.